The normalized spacial score (nSPS) is 11.1. The van der Waals surface area contributed by atoms with Gasteiger partial charge in [-0.05, 0) is 306 Å². The summed E-state index contributed by atoms with van der Waals surface area (Å²) in [6, 6.07) is 106. The van der Waals surface area contributed by atoms with E-state index in [4.69, 9.17) is 0 Å². The molecule has 18 aromatic carbocycles. The van der Waals surface area contributed by atoms with Crippen molar-refractivity contribution in [3.05, 3.63) is 358 Å². The van der Waals surface area contributed by atoms with Crippen molar-refractivity contribution in [2.45, 2.75) is 83.1 Å². The van der Waals surface area contributed by atoms with Gasteiger partial charge < -0.3 is 0 Å². The van der Waals surface area contributed by atoms with Gasteiger partial charge in [0.05, 0.1) is 0 Å². The largest absolute Gasteiger partial charge is 0.0616 e. The van der Waals surface area contributed by atoms with E-state index in [9.17, 15) is 0 Å². The Morgan fingerprint density at radius 3 is 0.833 bits per heavy atom. The number of aryl methyl sites for hydroxylation is 12. The molecule has 0 N–H and O–H groups in total. The highest BCUT2D eigenvalue weighted by atomic mass is 14.1. The minimum Gasteiger partial charge on any atom is -0.0616 e. The molecular formula is C96H84. The molecule has 18 rings (SSSR count). The second-order valence-electron chi connectivity index (χ2n) is 26.9. The lowest BCUT2D eigenvalue weighted by molar-refractivity contribution is 1.47. The summed E-state index contributed by atoms with van der Waals surface area (Å²) in [7, 11) is 0. The van der Waals surface area contributed by atoms with E-state index in [1.807, 2.05) is 0 Å². The van der Waals surface area contributed by atoms with Gasteiger partial charge in [0.25, 0.3) is 0 Å². The van der Waals surface area contributed by atoms with Crippen LogP contribution in [0.15, 0.2) is 291 Å². The first-order valence-electron chi connectivity index (χ1n) is 33.8. The summed E-state index contributed by atoms with van der Waals surface area (Å²) in [5, 5.41) is 32.2. The zero-order valence-corrected chi connectivity index (χ0v) is 57.7. The molecule has 0 nitrogen and oxygen atoms in total. The molecule has 0 heterocycles. The second kappa shape index (κ2) is 27.6. The summed E-state index contributed by atoms with van der Waals surface area (Å²) in [4.78, 5) is 0. The molecule has 0 amide bonds. The lowest BCUT2D eigenvalue weighted by atomic mass is 9.95. The number of rotatable bonds is 0. The van der Waals surface area contributed by atoms with E-state index >= 15 is 0 Å². The number of benzene rings is 18. The number of hydrogen-bond acceptors (Lipinski definition) is 0. The predicted octanol–water partition coefficient (Wildman–Crippen LogP) is 27.7. The van der Waals surface area contributed by atoms with Gasteiger partial charge >= 0.3 is 0 Å². The van der Waals surface area contributed by atoms with Crippen molar-refractivity contribution in [1.29, 1.82) is 0 Å². The van der Waals surface area contributed by atoms with Crippen LogP contribution in [0.25, 0.3) is 129 Å². The molecule has 0 aliphatic heterocycles. The Morgan fingerprint density at radius 1 is 0.125 bits per heavy atom. The molecule has 0 atom stereocenters. The summed E-state index contributed by atoms with van der Waals surface area (Å²) in [5.74, 6) is 0. The van der Waals surface area contributed by atoms with E-state index in [1.165, 1.54) is 196 Å². The van der Waals surface area contributed by atoms with Gasteiger partial charge in [0.2, 0.25) is 0 Å². The molecule has 0 fully saturated rings. The van der Waals surface area contributed by atoms with Crippen molar-refractivity contribution in [3.8, 4) is 0 Å². The standard InChI is InChI=1S/6C16H14/c1-11-3-5-13-10-16-8-12(2)4-6-14(16)9-15(13)7-11;1-11-3-5-13-9-14-6-4-12(2)8-16(14)10-15(13)7-11;1-11-6-5-9-15-12(2)14-8-4-3-7-13(14)10-16(11)15;1-11-6-7-13-10-16-12(2)4-3-5-14(16)9-15(13)8-11;1-11-7-8-12(2)16-10-14-6-4-3-5-13(14)9-15(11)16;1-11-7-8-16-12(2)15-6-4-3-5-13(15)10-14(16)9-11/h6*3-10H,1-2H3. The third-order valence-corrected chi connectivity index (χ3v) is 19.4. The van der Waals surface area contributed by atoms with E-state index in [1.54, 1.807) is 0 Å². The average Bonchev–Trinajstić information content (AvgIpc) is 0.809. The van der Waals surface area contributed by atoms with Crippen LogP contribution in [0.1, 0.15) is 66.8 Å². The zero-order valence-electron chi connectivity index (χ0n) is 57.7. The average molecular weight is 1240 g/mol. The van der Waals surface area contributed by atoms with E-state index in [-0.39, 0.29) is 0 Å². The fraction of sp³-hybridized carbons (Fsp3) is 0.125. The van der Waals surface area contributed by atoms with Crippen molar-refractivity contribution in [2.75, 3.05) is 0 Å². The first-order chi connectivity index (χ1) is 46.5. The third kappa shape index (κ3) is 13.8. The Bertz CT molecular complexity index is 5730. The van der Waals surface area contributed by atoms with Crippen molar-refractivity contribution in [3.63, 3.8) is 0 Å². The monoisotopic (exact) mass is 1240 g/mol. The fourth-order valence-electron chi connectivity index (χ4n) is 14.0. The molecule has 0 aliphatic rings. The molecule has 0 aliphatic carbocycles. The maximum Gasteiger partial charge on any atom is -0.0146 e. The van der Waals surface area contributed by atoms with Crippen molar-refractivity contribution in [2.24, 2.45) is 0 Å². The van der Waals surface area contributed by atoms with Gasteiger partial charge in [0, 0.05) is 0 Å². The molecule has 0 saturated heterocycles. The summed E-state index contributed by atoms with van der Waals surface area (Å²) < 4.78 is 0. The zero-order chi connectivity index (χ0) is 66.7. The highest BCUT2D eigenvalue weighted by Crippen LogP contribution is 2.33. The first kappa shape index (κ1) is 63.8. The number of hydrogen-bond donors (Lipinski definition) is 0. The fourth-order valence-corrected chi connectivity index (χ4v) is 14.0. The van der Waals surface area contributed by atoms with Gasteiger partial charge in [-0.15, -0.1) is 0 Å². The highest BCUT2D eigenvalue weighted by Gasteiger charge is 2.08. The summed E-state index contributed by atoms with van der Waals surface area (Å²) in [6.07, 6.45) is 0. The Kier molecular flexibility index (Phi) is 18.3. The Hall–Kier alpha value is -10.9. The van der Waals surface area contributed by atoms with Crippen LogP contribution in [-0.4, -0.2) is 0 Å². The van der Waals surface area contributed by atoms with Crippen LogP contribution in [0.3, 0.4) is 0 Å². The lowest BCUT2D eigenvalue weighted by Crippen LogP contribution is -1.84. The van der Waals surface area contributed by atoms with Crippen molar-refractivity contribution in [1.82, 2.24) is 0 Å². The SMILES string of the molecule is Cc1ccc(C)c2cc3ccccc3cc12.Cc1ccc2c(C)c3ccccc3cc2c1.Cc1ccc2cc3c(C)cccc3cc2c1.Cc1ccc2cc3cc(C)ccc3cc2c1.Cc1ccc2cc3ccc(C)cc3cc2c1.Cc1cccc2c(C)c3ccccc3cc12. The Balaban J connectivity index is 0.000000104. The predicted molar refractivity (Wildman–Crippen MR) is 426 cm³/mol. The molecule has 0 unspecified atom stereocenters. The van der Waals surface area contributed by atoms with Gasteiger partial charge in [-0.1, -0.05) is 264 Å². The van der Waals surface area contributed by atoms with Gasteiger partial charge in [-0.25, -0.2) is 0 Å². The number of fused-ring (bicyclic) bond motifs is 12. The molecule has 96 heavy (non-hydrogen) atoms. The van der Waals surface area contributed by atoms with Gasteiger partial charge in [0.15, 0.2) is 0 Å². The van der Waals surface area contributed by atoms with Gasteiger partial charge in [-0.2, -0.15) is 0 Å². The lowest BCUT2D eigenvalue weighted by Gasteiger charge is -2.09. The van der Waals surface area contributed by atoms with Gasteiger partial charge in [-0.3, -0.25) is 0 Å². The van der Waals surface area contributed by atoms with Crippen molar-refractivity contribution < 1.29 is 0 Å². The van der Waals surface area contributed by atoms with Crippen LogP contribution in [0.4, 0.5) is 0 Å². The van der Waals surface area contributed by atoms with Crippen LogP contribution in [0, 0.1) is 83.1 Å². The molecular weight excluding hydrogens is 1150 g/mol. The summed E-state index contributed by atoms with van der Waals surface area (Å²) in [6.45, 7) is 26.0. The molecule has 0 aromatic heterocycles. The van der Waals surface area contributed by atoms with Crippen LogP contribution in [-0.2, 0) is 0 Å². The smallest absolute Gasteiger partial charge is 0.0146 e. The molecule has 0 bridgehead atoms. The van der Waals surface area contributed by atoms with Gasteiger partial charge in [0.1, 0.15) is 0 Å². The Morgan fingerprint density at radius 2 is 0.365 bits per heavy atom. The Labute approximate surface area is 566 Å². The molecule has 468 valence electrons. The maximum atomic E-state index is 2.30. The second-order valence-corrected chi connectivity index (χ2v) is 26.9. The summed E-state index contributed by atoms with van der Waals surface area (Å²) >= 11 is 0. The van der Waals surface area contributed by atoms with E-state index in [2.05, 4.69) is 374 Å². The summed E-state index contributed by atoms with van der Waals surface area (Å²) in [5.41, 5.74) is 16.1. The third-order valence-electron chi connectivity index (χ3n) is 19.4. The van der Waals surface area contributed by atoms with E-state index in [0.29, 0.717) is 0 Å². The molecule has 0 heteroatoms. The van der Waals surface area contributed by atoms with Crippen LogP contribution in [0.5, 0.6) is 0 Å². The van der Waals surface area contributed by atoms with Crippen LogP contribution >= 0.6 is 0 Å². The minimum absolute atomic E-state index is 1.32. The highest BCUT2D eigenvalue weighted by molar-refractivity contribution is 6.06. The van der Waals surface area contributed by atoms with E-state index < -0.39 is 0 Å². The maximum absolute atomic E-state index is 2.30. The molecule has 0 spiro atoms. The van der Waals surface area contributed by atoms with Crippen LogP contribution in [0.2, 0.25) is 0 Å². The minimum atomic E-state index is 1.32. The molecule has 18 aromatic rings. The quantitative estimate of drug-likeness (QED) is 0.133. The first-order valence-corrected chi connectivity index (χ1v) is 33.8. The molecule has 0 saturated carbocycles. The molecule has 0 radical (unpaired) electrons. The van der Waals surface area contributed by atoms with E-state index in [0.717, 1.165) is 0 Å². The van der Waals surface area contributed by atoms with Crippen molar-refractivity contribution >= 4 is 129 Å². The topological polar surface area (TPSA) is 0 Å². The van der Waals surface area contributed by atoms with Crippen LogP contribution < -0.4 is 0 Å².